The van der Waals surface area contributed by atoms with Crippen LogP contribution in [0.2, 0.25) is 10.0 Å². The number of nitrogens with one attached hydrogen (secondary N) is 1. The van der Waals surface area contributed by atoms with Crippen LogP contribution in [-0.4, -0.2) is 144 Å². The van der Waals surface area contributed by atoms with Gasteiger partial charge in [-0.3, -0.25) is 43.2 Å². The number of imide groups is 2. The van der Waals surface area contributed by atoms with Gasteiger partial charge < -0.3 is 43.6 Å². The smallest absolute Gasteiger partial charge is 0.337 e. The number of sulfone groups is 1. The van der Waals surface area contributed by atoms with Gasteiger partial charge in [0.05, 0.1) is 69.1 Å². The lowest BCUT2D eigenvalue weighted by atomic mass is 9.85. The molecule has 33 nitrogen and oxygen atoms in total. The van der Waals surface area contributed by atoms with Gasteiger partial charge >= 0.3 is 47.8 Å². The van der Waals surface area contributed by atoms with Gasteiger partial charge in [-0.2, -0.15) is 8.78 Å². The molecule has 1 saturated carbocycles. The van der Waals surface area contributed by atoms with Gasteiger partial charge in [0.2, 0.25) is 28.9 Å². The first kappa shape index (κ1) is 107. The van der Waals surface area contributed by atoms with Gasteiger partial charge in [0.25, 0.3) is 23.6 Å². The number of nitrogens with zero attached hydrogens (tertiary/aromatic N) is 9. The van der Waals surface area contributed by atoms with E-state index < -0.39 is 91.9 Å². The Morgan fingerprint density at radius 1 is 0.512 bits per heavy atom. The Morgan fingerprint density at radius 3 is 1.47 bits per heavy atom. The Bertz CT molecular complexity index is 5430. The first-order valence-electron chi connectivity index (χ1n) is 40.6. The summed E-state index contributed by atoms with van der Waals surface area (Å²) in [5.74, 6) is -15.6. The summed E-state index contributed by atoms with van der Waals surface area (Å²) < 4.78 is 95.8. The summed E-state index contributed by atoms with van der Waals surface area (Å²) in [4.78, 5) is 174. The maximum atomic E-state index is 13.3. The highest BCUT2D eigenvalue weighted by Crippen LogP contribution is 2.52. The molecule has 8 aromatic rings. The van der Waals surface area contributed by atoms with Crippen molar-refractivity contribution in [2.24, 2.45) is 71.0 Å². The molecule has 2 aliphatic carbocycles. The number of aromatic nitrogens is 7. The predicted molar refractivity (Wildman–Crippen MR) is 460 cm³/mol. The van der Waals surface area contributed by atoms with Crippen LogP contribution in [0.15, 0.2) is 126 Å². The van der Waals surface area contributed by atoms with E-state index in [0.717, 1.165) is 46.5 Å². The maximum absolute atomic E-state index is 13.3. The molecule has 1 N–H and O–H groups in total. The number of likely N-dealkylation sites (N-methyl/N-ethyl adjacent to an activating group) is 1. The van der Waals surface area contributed by atoms with Crippen molar-refractivity contribution in [1.29, 1.82) is 0 Å². The van der Waals surface area contributed by atoms with E-state index >= 15 is 0 Å². The van der Waals surface area contributed by atoms with Gasteiger partial charge in [0, 0.05) is 60.1 Å². The Balaban J connectivity index is 0.000000263. The zero-order chi connectivity index (χ0) is 97.1. The SMILES string of the molecule is CC(C)C(=O)ON1C(=O)CCC1=O.CC(C)C(=O)ON1C(=O)[C@@H]2[C@H](C1=O)[C@@H]1C=C[C@H]2C1.CC(C)C(=O)On1nnc2ccccc21.CC(C)C(=O)On1nnc2cccnc21.CCNC(=O)/C=C(\OC(=O)C(C)C)c1cccc(S(C)(=O)=O)c1.Cc1c(F)c(F)c(OC(=O)C(C)C)c(F)c1F.Cc1cc(Cl)c(OC(=O)C(C)C)cc1Cl.Cc1ccc(OC(=O)C(C)C)cc1. The fourth-order valence-electron chi connectivity index (χ4n) is 10.5. The second-order valence-corrected chi connectivity index (χ2v) is 34.5. The summed E-state index contributed by atoms with van der Waals surface area (Å²) >= 11 is 11.8. The number of pyridine rings is 1. The molecule has 5 aromatic carbocycles. The van der Waals surface area contributed by atoms with Crippen LogP contribution in [0.5, 0.6) is 17.2 Å². The number of amides is 5. The van der Waals surface area contributed by atoms with E-state index in [2.05, 4.69) is 40.5 Å². The van der Waals surface area contributed by atoms with Crippen molar-refractivity contribution in [3.63, 3.8) is 0 Å². The number of hydrogen-bond acceptors (Lipinski definition) is 28. The fourth-order valence-corrected chi connectivity index (χ4v) is 11.6. The van der Waals surface area contributed by atoms with Gasteiger partial charge in [0.15, 0.2) is 27.2 Å². The molecule has 12 rings (SSSR count). The minimum Gasteiger partial charge on any atom is -0.426 e. The molecular formula is C89H104Cl2F4N10O23S. The van der Waals surface area contributed by atoms with E-state index in [1.54, 1.807) is 145 Å². The number of halogens is 6. The molecule has 4 atom stereocenters. The van der Waals surface area contributed by atoms with Gasteiger partial charge in [-0.1, -0.05) is 193 Å². The third-order valence-electron chi connectivity index (χ3n) is 18.1. The number of fused-ring (bicyclic) bond motifs is 7. The average molecular weight is 1860 g/mol. The van der Waals surface area contributed by atoms with Gasteiger partial charge in [-0.15, -0.1) is 20.3 Å². The summed E-state index contributed by atoms with van der Waals surface area (Å²) in [6.45, 7) is 33.8. The molecule has 2 aliphatic heterocycles. The Labute approximate surface area is 752 Å². The molecule has 696 valence electrons. The number of para-hydroxylation sites is 1. The van der Waals surface area contributed by atoms with E-state index in [1.165, 1.54) is 32.0 Å². The normalized spacial score (nSPS) is 15.2. The molecule has 2 bridgehead atoms. The quantitative estimate of drug-likeness (QED) is 0.00852. The molecule has 3 aromatic heterocycles. The lowest BCUT2D eigenvalue weighted by Gasteiger charge is -2.16. The van der Waals surface area contributed by atoms with Crippen molar-refractivity contribution in [2.75, 3.05) is 12.8 Å². The van der Waals surface area contributed by atoms with E-state index in [9.17, 15) is 88.3 Å². The summed E-state index contributed by atoms with van der Waals surface area (Å²) in [6.07, 6.45) is 8.96. The number of carbonyl (C=O) groups excluding carboxylic acids is 13. The number of benzene rings is 5. The van der Waals surface area contributed by atoms with Crippen molar-refractivity contribution in [2.45, 2.75) is 163 Å². The van der Waals surface area contributed by atoms with Crippen LogP contribution in [0.1, 0.15) is 159 Å². The van der Waals surface area contributed by atoms with Gasteiger partial charge in [-0.05, 0) is 121 Å². The maximum Gasteiger partial charge on any atom is 0.337 e. The molecule has 5 heterocycles. The van der Waals surface area contributed by atoms with Crippen LogP contribution in [-0.2, 0) is 86.6 Å². The largest absolute Gasteiger partial charge is 0.426 e. The zero-order valence-electron chi connectivity index (χ0n) is 74.9. The second-order valence-electron chi connectivity index (χ2n) is 31.6. The summed E-state index contributed by atoms with van der Waals surface area (Å²) in [7, 11) is -3.41. The molecule has 0 radical (unpaired) electrons. The molecule has 40 heteroatoms. The van der Waals surface area contributed by atoms with Crippen LogP contribution in [0, 0.1) is 115 Å². The number of hydrogen-bond donors (Lipinski definition) is 1. The van der Waals surface area contributed by atoms with Crippen LogP contribution in [0.3, 0.4) is 0 Å². The monoisotopic (exact) mass is 1860 g/mol. The first-order valence-corrected chi connectivity index (χ1v) is 43.2. The Hall–Kier alpha value is -12.7. The minimum absolute atomic E-state index is 0.0140. The molecule has 0 unspecified atom stereocenters. The van der Waals surface area contributed by atoms with Crippen LogP contribution in [0.25, 0.3) is 28.0 Å². The summed E-state index contributed by atoms with van der Waals surface area (Å²) in [6, 6.07) is 27.4. The third kappa shape index (κ3) is 31.1. The highest BCUT2D eigenvalue weighted by Gasteiger charge is 2.61. The highest BCUT2D eigenvalue weighted by atomic mass is 35.5. The highest BCUT2D eigenvalue weighted by molar-refractivity contribution is 7.90. The molecular weight excluding hydrogens is 1760 g/mol. The second kappa shape index (κ2) is 49.0. The topological polar surface area (TPSA) is 423 Å². The number of esters is 4. The average Bonchev–Trinajstić information content (AvgIpc) is 1.54. The zero-order valence-corrected chi connectivity index (χ0v) is 77.2. The summed E-state index contributed by atoms with van der Waals surface area (Å²) in [5, 5.41) is 19.8. The van der Waals surface area contributed by atoms with Crippen molar-refractivity contribution in [3.05, 3.63) is 177 Å². The standard InChI is InChI=1S/C16H21NO5S.C13H15NO4.C11H12Cl2O2.C11H10F4O2.C11H14O2.C10H11N3O2.C9H10N4O2.C8H11NO4/c1-5-17-15(18)10-14(22-16(19)11(2)3)12-7-6-8-13(9-12)23(4,20)21;1-6(2)13(17)18-14-11(15)9-7-3-4-8(5-7)10(9)12(14)16;1-6(2)11(14)15-10-5-8(12)7(3)4-9(10)13;1-4(2)11(16)17-10-8(14)6(12)5(3)7(13)9(10)15;1-8(2)11(12)13-10-6-4-9(3)5-7-10;1-7(2)10(14)15-13-9-6-4-3-5-8(9)11-12-13;1-6(2)9(14)15-13-8-7(11-12-13)4-3-5-10-8;1-5(2)8(12)13-9-6(10)3-4-7(9)11/h6-11H,5H2,1-4H3,(H,17,18);3-4,6-10H,5H2,1-2H3;4-6H,1-3H3;4H,1-3H3;4-8H,1-3H3;3-7H,1-2H3;3-6H,1-2H3;5H,3-4H2,1-2H3/b14-10-;;;;;;;/t;7-,8+,9-,10+;;;;;;. The Kier molecular flexibility index (Phi) is 40.6. The first-order chi connectivity index (χ1) is 60.3. The number of allylic oxidation sites excluding steroid dienone is 2. The van der Waals surface area contributed by atoms with Crippen molar-refractivity contribution < 1.29 is 127 Å². The molecule has 3 fully saturated rings. The van der Waals surface area contributed by atoms with Crippen molar-refractivity contribution in [1.82, 2.24) is 50.7 Å². The van der Waals surface area contributed by atoms with E-state index in [4.69, 9.17) is 51.9 Å². The number of carbonyl (C=O) groups is 13. The molecule has 2 saturated heterocycles. The minimum atomic E-state index is -3.41. The van der Waals surface area contributed by atoms with Gasteiger partial charge in [0.1, 0.15) is 28.1 Å². The fraction of sp³-hybridized carbons (Fsp3) is 0.416. The van der Waals surface area contributed by atoms with Gasteiger partial charge in [-0.25, -0.2) is 41.4 Å². The third-order valence-corrected chi connectivity index (χ3v) is 19.9. The lowest BCUT2D eigenvalue weighted by molar-refractivity contribution is -0.201. The van der Waals surface area contributed by atoms with Crippen LogP contribution >= 0.6 is 23.2 Å². The molecule has 129 heavy (non-hydrogen) atoms. The number of aryl methyl sites for hydroxylation is 2. The number of rotatable bonds is 20. The van der Waals surface area contributed by atoms with Crippen LogP contribution < -0.4 is 29.2 Å². The molecule has 5 amide bonds. The number of hydroxylamine groups is 4. The van der Waals surface area contributed by atoms with Crippen LogP contribution in [0.4, 0.5) is 17.6 Å². The summed E-state index contributed by atoms with van der Waals surface area (Å²) in [5.41, 5.74) is 3.97. The van der Waals surface area contributed by atoms with E-state index in [1.807, 2.05) is 70.2 Å². The molecule has 4 aliphatic rings. The van der Waals surface area contributed by atoms with E-state index in [-0.39, 0.29) is 124 Å². The molecule has 0 spiro atoms. The Morgan fingerprint density at radius 2 is 0.969 bits per heavy atom. The van der Waals surface area contributed by atoms with Crippen molar-refractivity contribution >= 4 is 138 Å². The van der Waals surface area contributed by atoms with E-state index in [0.29, 0.717) is 66.0 Å². The van der Waals surface area contributed by atoms with Crippen molar-refractivity contribution in [3.8, 4) is 17.2 Å². The predicted octanol–water partition coefficient (Wildman–Crippen LogP) is 13.9. The lowest BCUT2D eigenvalue weighted by Crippen LogP contribution is -2.36. The number of ether oxygens (including phenoxy) is 4.